The lowest BCUT2D eigenvalue weighted by atomic mass is 9.70. The van der Waals surface area contributed by atoms with Crippen LogP contribution < -0.4 is 0 Å². The monoisotopic (exact) mass is 301 g/mol. The smallest absolute Gasteiger partial charge is 0.233 e. The Balaban J connectivity index is 1.73. The zero-order valence-electron chi connectivity index (χ0n) is 14.2. The molecule has 0 aromatic rings. The first-order chi connectivity index (χ1) is 10.3. The van der Waals surface area contributed by atoms with Crippen molar-refractivity contribution in [2.75, 3.05) is 7.05 Å². The second-order valence-electron chi connectivity index (χ2n) is 8.18. The molecule has 0 aromatic carbocycles. The van der Waals surface area contributed by atoms with Gasteiger partial charge in [-0.1, -0.05) is 32.9 Å². The van der Waals surface area contributed by atoms with Crippen molar-refractivity contribution in [3.8, 4) is 0 Å². The highest BCUT2D eigenvalue weighted by atomic mass is 16.2. The highest BCUT2D eigenvalue weighted by Gasteiger charge is 2.47. The Bertz CT molecular complexity index is 564. The lowest BCUT2D eigenvalue weighted by Crippen LogP contribution is -2.26. The van der Waals surface area contributed by atoms with Crippen molar-refractivity contribution < 1.29 is 9.59 Å². The number of carbonyl (C=O) groups excluding carboxylic acids is 2. The number of rotatable bonds is 1. The van der Waals surface area contributed by atoms with Crippen molar-refractivity contribution in [2.45, 2.75) is 52.9 Å². The van der Waals surface area contributed by atoms with E-state index in [4.69, 9.17) is 0 Å². The Morgan fingerprint density at radius 1 is 1.00 bits per heavy atom. The number of fused-ring (bicyclic) bond motifs is 1. The fourth-order valence-corrected chi connectivity index (χ4v) is 4.21. The predicted molar refractivity (Wildman–Crippen MR) is 87.0 cm³/mol. The van der Waals surface area contributed by atoms with Gasteiger partial charge in [-0.25, -0.2) is 0 Å². The van der Waals surface area contributed by atoms with Crippen molar-refractivity contribution in [2.24, 2.45) is 23.2 Å². The van der Waals surface area contributed by atoms with Crippen LogP contribution in [0, 0.1) is 23.2 Å². The Morgan fingerprint density at radius 3 is 2.23 bits per heavy atom. The van der Waals surface area contributed by atoms with Crippen LogP contribution in [-0.4, -0.2) is 23.8 Å². The number of amides is 2. The number of nitrogens with zero attached hydrogens (tertiary/aromatic N) is 1. The van der Waals surface area contributed by atoms with Gasteiger partial charge in [0, 0.05) is 7.05 Å². The Hall–Kier alpha value is -1.38. The molecule has 3 atom stereocenters. The van der Waals surface area contributed by atoms with Gasteiger partial charge in [0.2, 0.25) is 11.8 Å². The van der Waals surface area contributed by atoms with E-state index < -0.39 is 0 Å². The summed E-state index contributed by atoms with van der Waals surface area (Å²) in [7, 11) is 1.62. The molecule has 2 aliphatic carbocycles. The number of hydrogen-bond donors (Lipinski definition) is 0. The number of hydrogen-bond acceptors (Lipinski definition) is 2. The largest absolute Gasteiger partial charge is 0.285 e. The molecule has 2 amide bonds. The van der Waals surface area contributed by atoms with Gasteiger partial charge in [-0.15, -0.1) is 0 Å². The third kappa shape index (κ3) is 2.55. The average molecular weight is 301 g/mol. The summed E-state index contributed by atoms with van der Waals surface area (Å²) in [5, 5.41) is 0. The molecule has 3 aliphatic rings. The SMILES string of the molecule is CN1C(=O)C2CC=C(C3=CCC(C(C)(C)C)CC3)CC2C1=O. The van der Waals surface area contributed by atoms with Crippen LogP contribution in [0.25, 0.3) is 0 Å². The summed E-state index contributed by atoms with van der Waals surface area (Å²) in [6.45, 7) is 6.96. The van der Waals surface area contributed by atoms with Gasteiger partial charge in [-0.3, -0.25) is 14.5 Å². The standard InChI is InChI=1S/C19H27NO2/c1-19(2,3)14-8-5-12(6-9-14)13-7-10-15-16(11-13)18(22)20(4)17(15)21/h5,7,14-16H,6,8-11H2,1-4H3. The second kappa shape index (κ2) is 5.36. The number of carbonyl (C=O) groups is 2. The second-order valence-corrected chi connectivity index (χ2v) is 8.18. The van der Waals surface area contributed by atoms with Crippen LogP contribution in [0.3, 0.4) is 0 Å². The van der Waals surface area contributed by atoms with Gasteiger partial charge in [0.05, 0.1) is 11.8 Å². The Morgan fingerprint density at radius 2 is 1.64 bits per heavy atom. The van der Waals surface area contributed by atoms with E-state index in [-0.39, 0.29) is 23.7 Å². The number of allylic oxidation sites excluding steroid dienone is 4. The molecule has 22 heavy (non-hydrogen) atoms. The Labute approximate surface area is 133 Å². The van der Waals surface area contributed by atoms with E-state index >= 15 is 0 Å². The summed E-state index contributed by atoms with van der Waals surface area (Å²) in [6.07, 6.45) is 9.57. The van der Waals surface area contributed by atoms with Crippen molar-refractivity contribution in [1.82, 2.24) is 4.90 Å². The van der Waals surface area contributed by atoms with Gasteiger partial charge < -0.3 is 0 Å². The molecule has 0 saturated carbocycles. The van der Waals surface area contributed by atoms with E-state index in [9.17, 15) is 9.59 Å². The van der Waals surface area contributed by atoms with Gasteiger partial charge >= 0.3 is 0 Å². The summed E-state index contributed by atoms with van der Waals surface area (Å²) in [4.78, 5) is 25.6. The summed E-state index contributed by atoms with van der Waals surface area (Å²) in [5.41, 5.74) is 3.11. The first kappa shape index (κ1) is 15.5. The summed E-state index contributed by atoms with van der Waals surface area (Å²) >= 11 is 0. The van der Waals surface area contributed by atoms with E-state index in [0.717, 1.165) is 31.6 Å². The molecule has 1 aliphatic heterocycles. The molecule has 0 radical (unpaired) electrons. The van der Waals surface area contributed by atoms with Gasteiger partial charge in [-0.05, 0) is 54.6 Å². The van der Waals surface area contributed by atoms with E-state index in [1.54, 1.807) is 7.05 Å². The van der Waals surface area contributed by atoms with Crippen LogP contribution in [0.1, 0.15) is 52.9 Å². The van der Waals surface area contributed by atoms with Crippen LogP contribution in [-0.2, 0) is 9.59 Å². The molecule has 1 fully saturated rings. The summed E-state index contributed by atoms with van der Waals surface area (Å²) < 4.78 is 0. The molecule has 3 nitrogen and oxygen atoms in total. The van der Waals surface area contributed by atoms with Crippen LogP contribution >= 0.6 is 0 Å². The van der Waals surface area contributed by atoms with E-state index in [1.165, 1.54) is 22.5 Å². The Kier molecular flexibility index (Phi) is 3.78. The maximum Gasteiger partial charge on any atom is 0.233 e. The molecule has 0 bridgehead atoms. The third-order valence-electron chi connectivity index (χ3n) is 5.89. The quantitative estimate of drug-likeness (QED) is 0.692. The van der Waals surface area contributed by atoms with E-state index in [2.05, 4.69) is 32.9 Å². The molecule has 1 heterocycles. The van der Waals surface area contributed by atoms with Crippen LogP contribution in [0.5, 0.6) is 0 Å². The highest BCUT2D eigenvalue weighted by molar-refractivity contribution is 6.05. The van der Waals surface area contributed by atoms with Crippen molar-refractivity contribution in [3.05, 3.63) is 23.3 Å². The zero-order valence-corrected chi connectivity index (χ0v) is 14.2. The first-order valence-corrected chi connectivity index (χ1v) is 8.49. The van der Waals surface area contributed by atoms with E-state index in [1.807, 2.05) is 0 Å². The van der Waals surface area contributed by atoms with Crippen molar-refractivity contribution in [3.63, 3.8) is 0 Å². The van der Waals surface area contributed by atoms with Gasteiger partial charge in [0.25, 0.3) is 0 Å². The molecule has 0 N–H and O–H groups in total. The summed E-state index contributed by atoms with van der Waals surface area (Å²) in [5.74, 6) is 0.556. The molecule has 0 aromatic heterocycles. The first-order valence-electron chi connectivity index (χ1n) is 8.49. The molecule has 3 unspecified atom stereocenters. The molecule has 3 heteroatoms. The maximum absolute atomic E-state index is 12.2. The van der Waals surface area contributed by atoms with E-state index in [0.29, 0.717) is 5.41 Å². The molecular weight excluding hydrogens is 274 g/mol. The molecule has 3 rings (SSSR count). The maximum atomic E-state index is 12.2. The highest BCUT2D eigenvalue weighted by Crippen LogP contribution is 2.43. The number of likely N-dealkylation sites (tertiary alicyclic amines) is 1. The van der Waals surface area contributed by atoms with Gasteiger partial charge in [0.1, 0.15) is 0 Å². The molecule has 0 spiro atoms. The number of imide groups is 1. The molecular formula is C19H27NO2. The molecule has 120 valence electrons. The van der Waals surface area contributed by atoms with Crippen LogP contribution in [0.15, 0.2) is 23.3 Å². The minimum atomic E-state index is -0.112. The molecule has 1 saturated heterocycles. The lowest BCUT2D eigenvalue weighted by molar-refractivity contribution is -0.138. The van der Waals surface area contributed by atoms with Crippen LogP contribution in [0.2, 0.25) is 0 Å². The normalized spacial score (nSPS) is 32.7. The predicted octanol–water partition coefficient (Wildman–Crippen LogP) is 3.71. The van der Waals surface area contributed by atoms with Crippen molar-refractivity contribution >= 4 is 11.8 Å². The fraction of sp³-hybridized carbons (Fsp3) is 0.684. The summed E-state index contributed by atoms with van der Waals surface area (Å²) in [6, 6.07) is 0. The van der Waals surface area contributed by atoms with Gasteiger partial charge in [0.15, 0.2) is 0 Å². The minimum absolute atomic E-state index is 0.00993. The fourth-order valence-electron chi connectivity index (χ4n) is 4.21. The lowest BCUT2D eigenvalue weighted by Gasteiger charge is -2.34. The van der Waals surface area contributed by atoms with Crippen LogP contribution in [0.4, 0.5) is 0 Å². The van der Waals surface area contributed by atoms with Gasteiger partial charge in [-0.2, -0.15) is 0 Å². The minimum Gasteiger partial charge on any atom is -0.285 e. The zero-order chi connectivity index (χ0) is 16.1. The average Bonchev–Trinajstić information content (AvgIpc) is 2.71. The van der Waals surface area contributed by atoms with Crippen molar-refractivity contribution in [1.29, 1.82) is 0 Å². The topological polar surface area (TPSA) is 37.4 Å². The third-order valence-corrected chi connectivity index (χ3v) is 5.89.